The zero-order chi connectivity index (χ0) is 18.7. The van der Waals surface area contributed by atoms with E-state index in [2.05, 4.69) is 15.5 Å². The van der Waals surface area contributed by atoms with Crippen molar-refractivity contribution in [2.24, 2.45) is 0 Å². The van der Waals surface area contributed by atoms with Crippen molar-refractivity contribution in [1.29, 1.82) is 0 Å². The van der Waals surface area contributed by atoms with Gasteiger partial charge in [-0.3, -0.25) is 9.59 Å². The SMILES string of the molecule is O=C(Nc1ccccc1SCC(F)(F)F)c1n[nH]c(=O)c2ccccc12. The lowest BCUT2D eigenvalue weighted by atomic mass is 10.1. The smallest absolute Gasteiger partial charge is 0.320 e. The molecule has 1 heterocycles. The van der Waals surface area contributed by atoms with Gasteiger partial charge in [0, 0.05) is 10.3 Å². The standard InChI is InChI=1S/C17H12F3N3O2S/c18-17(19,20)9-26-13-8-4-3-7-12(13)21-16(25)14-10-5-1-2-6-11(10)15(24)23-22-14/h1-8H,9H2,(H,21,25)(H,23,24). The second kappa shape index (κ2) is 7.20. The number of halogens is 3. The summed E-state index contributed by atoms with van der Waals surface area (Å²) in [4.78, 5) is 24.6. The third kappa shape index (κ3) is 4.05. The van der Waals surface area contributed by atoms with E-state index in [1.54, 1.807) is 36.4 Å². The van der Waals surface area contributed by atoms with Crippen LogP contribution in [0.2, 0.25) is 0 Å². The van der Waals surface area contributed by atoms with Crippen molar-refractivity contribution in [3.63, 3.8) is 0 Å². The Hall–Kier alpha value is -2.81. The van der Waals surface area contributed by atoms with Crippen molar-refractivity contribution in [3.8, 4) is 0 Å². The first-order chi connectivity index (χ1) is 12.3. The molecule has 5 nitrogen and oxygen atoms in total. The first-order valence-electron chi connectivity index (χ1n) is 7.42. The lowest BCUT2D eigenvalue weighted by Crippen LogP contribution is -2.19. The molecule has 9 heteroatoms. The van der Waals surface area contributed by atoms with Gasteiger partial charge in [0.05, 0.1) is 16.8 Å². The number of rotatable bonds is 4. The van der Waals surface area contributed by atoms with Crippen LogP contribution in [-0.4, -0.2) is 28.0 Å². The third-order valence-corrected chi connectivity index (χ3v) is 4.58. The number of carbonyl (C=O) groups excluding carboxylic acids is 1. The van der Waals surface area contributed by atoms with Gasteiger partial charge in [0.25, 0.3) is 11.5 Å². The fourth-order valence-corrected chi connectivity index (χ4v) is 3.09. The maximum absolute atomic E-state index is 12.6. The number of nitrogens with one attached hydrogen (secondary N) is 2. The van der Waals surface area contributed by atoms with Crippen LogP contribution in [0.1, 0.15) is 10.5 Å². The Bertz CT molecular complexity index is 1020. The van der Waals surface area contributed by atoms with Crippen LogP contribution in [0.5, 0.6) is 0 Å². The van der Waals surface area contributed by atoms with E-state index in [-0.39, 0.29) is 16.3 Å². The number of anilines is 1. The molecule has 1 aromatic heterocycles. The number of hydrogen-bond acceptors (Lipinski definition) is 4. The zero-order valence-electron chi connectivity index (χ0n) is 13.1. The summed E-state index contributed by atoms with van der Waals surface area (Å²) in [6, 6.07) is 12.6. The molecule has 1 amide bonds. The summed E-state index contributed by atoms with van der Waals surface area (Å²) in [7, 11) is 0. The van der Waals surface area contributed by atoms with E-state index in [0.29, 0.717) is 22.5 Å². The quantitative estimate of drug-likeness (QED) is 0.676. The van der Waals surface area contributed by atoms with Crippen LogP contribution in [0.15, 0.2) is 58.2 Å². The predicted octanol–water partition coefficient (Wildman–Crippen LogP) is 3.83. The highest BCUT2D eigenvalue weighted by atomic mass is 32.2. The summed E-state index contributed by atoms with van der Waals surface area (Å²) in [5.74, 6) is -1.70. The van der Waals surface area contributed by atoms with Gasteiger partial charge in [0.15, 0.2) is 5.69 Å². The monoisotopic (exact) mass is 379 g/mol. The fourth-order valence-electron chi connectivity index (χ4n) is 2.32. The predicted molar refractivity (Wildman–Crippen MR) is 93.5 cm³/mol. The number of fused-ring (bicyclic) bond motifs is 1. The highest BCUT2D eigenvalue weighted by Crippen LogP contribution is 2.32. The summed E-state index contributed by atoms with van der Waals surface area (Å²) in [6.45, 7) is 0. The number of benzene rings is 2. The molecule has 2 N–H and O–H groups in total. The van der Waals surface area contributed by atoms with Crippen LogP contribution in [0.4, 0.5) is 18.9 Å². The van der Waals surface area contributed by atoms with Crippen molar-refractivity contribution >= 4 is 34.1 Å². The maximum atomic E-state index is 12.6. The molecular formula is C17H12F3N3O2S. The number of carbonyl (C=O) groups is 1. The van der Waals surface area contributed by atoms with Gasteiger partial charge < -0.3 is 5.32 Å². The van der Waals surface area contributed by atoms with Gasteiger partial charge in [0.2, 0.25) is 0 Å². The molecule has 3 aromatic rings. The molecule has 0 spiro atoms. The summed E-state index contributed by atoms with van der Waals surface area (Å²) in [5, 5.41) is 9.25. The third-order valence-electron chi connectivity index (χ3n) is 3.44. The normalized spacial score (nSPS) is 11.5. The second-order valence-electron chi connectivity index (χ2n) is 5.30. The number of amides is 1. The van der Waals surface area contributed by atoms with E-state index >= 15 is 0 Å². The topological polar surface area (TPSA) is 74.8 Å². The van der Waals surface area contributed by atoms with E-state index in [1.807, 2.05) is 0 Å². The second-order valence-corrected chi connectivity index (χ2v) is 6.32. The highest BCUT2D eigenvalue weighted by molar-refractivity contribution is 7.99. The Labute approximate surface area is 149 Å². The first kappa shape index (κ1) is 18.0. The molecule has 0 saturated carbocycles. The first-order valence-corrected chi connectivity index (χ1v) is 8.41. The molecule has 3 rings (SSSR count). The van der Waals surface area contributed by atoms with Gasteiger partial charge in [-0.15, -0.1) is 11.8 Å². The van der Waals surface area contributed by atoms with Crippen LogP contribution < -0.4 is 10.9 Å². The van der Waals surface area contributed by atoms with Crippen LogP contribution in [0.25, 0.3) is 10.8 Å². The average Bonchev–Trinajstić information content (AvgIpc) is 2.61. The Morgan fingerprint density at radius 2 is 1.73 bits per heavy atom. The van der Waals surface area contributed by atoms with Gasteiger partial charge in [-0.1, -0.05) is 30.3 Å². The molecule has 0 radical (unpaired) electrons. The van der Waals surface area contributed by atoms with E-state index in [4.69, 9.17) is 0 Å². The number of aromatic nitrogens is 2. The van der Waals surface area contributed by atoms with Gasteiger partial charge in [-0.2, -0.15) is 18.3 Å². The molecule has 26 heavy (non-hydrogen) atoms. The van der Waals surface area contributed by atoms with Gasteiger partial charge in [0.1, 0.15) is 0 Å². The van der Waals surface area contributed by atoms with Crippen LogP contribution >= 0.6 is 11.8 Å². The number of aromatic amines is 1. The summed E-state index contributed by atoms with van der Waals surface area (Å²) in [6.07, 6.45) is -4.32. The van der Waals surface area contributed by atoms with Crippen LogP contribution in [-0.2, 0) is 0 Å². The molecule has 0 fully saturated rings. The molecule has 0 bridgehead atoms. The van der Waals surface area contributed by atoms with Crippen molar-refractivity contribution in [1.82, 2.24) is 10.2 Å². The van der Waals surface area contributed by atoms with E-state index in [9.17, 15) is 22.8 Å². The number of para-hydroxylation sites is 1. The average molecular weight is 379 g/mol. The minimum atomic E-state index is -4.32. The van der Waals surface area contributed by atoms with Crippen molar-refractivity contribution in [3.05, 3.63) is 64.6 Å². The fraction of sp³-hybridized carbons (Fsp3) is 0.118. The Morgan fingerprint density at radius 1 is 1.08 bits per heavy atom. The Balaban J connectivity index is 1.90. The van der Waals surface area contributed by atoms with Crippen LogP contribution in [0.3, 0.4) is 0 Å². The number of alkyl halides is 3. The van der Waals surface area contributed by atoms with Crippen molar-refractivity contribution < 1.29 is 18.0 Å². The van der Waals surface area contributed by atoms with Crippen LogP contribution in [0, 0.1) is 0 Å². The van der Waals surface area contributed by atoms with E-state index in [0.717, 1.165) is 0 Å². The molecular weight excluding hydrogens is 367 g/mol. The van der Waals surface area contributed by atoms with E-state index in [1.165, 1.54) is 12.1 Å². The van der Waals surface area contributed by atoms with Crippen molar-refractivity contribution in [2.45, 2.75) is 11.1 Å². The zero-order valence-corrected chi connectivity index (χ0v) is 13.9. The van der Waals surface area contributed by atoms with E-state index < -0.39 is 23.4 Å². The summed E-state index contributed by atoms with van der Waals surface area (Å²) >= 11 is 0.579. The molecule has 134 valence electrons. The molecule has 0 unspecified atom stereocenters. The minimum Gasteiger partial charge on any atom is -0.320 e. The number of nitrogens with zero attached hydrogens (tertiary/aromatic N) is 1. The summed E-state index contributed by atoms with van der Waals surface area (Å²) < 4.78 is 37.4. The lowest BCUT2D eigenvalue weighted by molar-refractivity contribution is -0.105. The van der Waals surface area contributed by atoms with Gasteiger partial charge >= 0.3 is 6.18 Å². The molecule has 0 aliphatic heterocycles. The van der Waals surface area contributed by atoms with Gasteiger partial charge in [-0.25, -0.2) is 5.10 Å². The molecule has 0 aliphatic carbocycles. The van der Waals surface area contributed by atoms with Gasteiger partial charge in [-0.05, 0) is 18.2 Å². The highest BCUT2D eigenvalue weighted by Gasteiger charge is 2.28. The summed E-state index contributed by atoms with van der Waals surface area (Å²) in [5.41, 5.74) is -0.210. The number of hydrogen-bond donors (Lipinski definition) is 2. The molecule has 2 aromatic carbocycles. The lowest BCUT2D eigenvalue weighted by Gasteiger charge is -2.12. The number of thioether (sulfide) groups is 1. The largest absolute Gasteiger partial charge is 0.398 e. The van der Waals surface area contributed by atoms with Crippen molar-refractivity contribution in [2.75, 3.05) is 11.1 Å². The molecule has 0 saturated heterocycles. The number of H-pyrrole nitrogens is 1. The Kier molecular flexibility index (Phi) is 4.99. The minimum absolute atomic E-state index is 0.0178. The Morgan fingerprint density at radius 3 is 2.46 bits per heavy atom. The molecule has 0 aliphatic rings. The molecule has 0 atom stereocenters. The maximum Gasteiger partial charge on any atom is 0.398 e.